The number of rotatable bonds is 2. The summed E-state index contributed by atoms with van der Waals surface area (Å²) in [4.78, 5) is 11.9. The summed E-state index contributed by atoms with van der Waals surface area (Å²) in [5.74, 6) is 0.468. The zero-order valence-corrected chi connectivity index (χ0v) is 10.7. The van der Waals surface area contributed by atoms with E-state index < -0.39 is 6.09 Å². The Bertz CT molecular complexity index is 570. The van der Waals surface area contributed by atoms with Crippen molar-refractivity contribution in [1.82, 2.24) is 5.32 Å². The van der Waals surface area contributed by atoms with Crippen molar-refractivity contribution in [3.63, 3.8) is 0 Å². The topological polar surface area (TPSA) is 51.5 Å². The number of hydrogen-bond donors (Lipinski definition) is 1. The number of furan rings is 1. The minimum atomic E-state index is -0.393. The summed E-state index contributed by atoms with van der Waals surface area (Å²) in [6.45, 7) is 0. The molecule has 2 aromatic rings. The Morgan fingerprint density at radius 1 is 1.21 bits per heavy atom. The number of nitrogens with one attached hydrogen (secondary N) is 1. The third kappa shape index (κ3) is 2.72. The first kappa shape index (κ1) is 12.1. The van der Waals surface area contributed by atoms with E-state index in [1.165, 1.54) is 19.3 Å². The lowest BCUT2D eigenvalue weighted by Gasteiger charge is -2.22. The van der Waals surface area contributed by atoms with Crippen molar-refractivity contribution in [1.29, 1.82) is 0 Å². The molecule has 1 N–H and O–H groups in total. The second-order valence-corrected chi connectivity index (χ2v) is 4.96. The van der Waals surface area contributed by atoms with E-state index in [9.17, 15) is 4.79 Å². The molecule has 1 aliphatic carbocycles. The first-order valence-electron chi connectivity index (χ1n) is 6.77. The number of carbonyl (C=O) groups is 1. The fraction of sp³-hybridized carbons (Fsp3) is 0.400. The number of ether oxygens (including phenoxy) is 1. The minimum Gasteiger partial charge on any atom is -0.460 e. The van der Waals surface area contributed by atoms with Crippen molar-refractivity contribution < 1.29 is 13.9 Å². The van der Waals surface area contributed by atoms with Crippen LogP contribution in [0.1, 0.15) is 32.1 Å². The zero-order chi connectivity index (χ0) is 13.1. The molecule has 0 bridgehead atoms. The molecule has 0 radical (unpaired) electrons. The first-order valence-corrected chi connectivity index (χ1v) is 6.77. The predicted octanol–water partition coefficient (Wildman–Crippen LogP) is 3.85. The largest absolute Gasteiger partial charge is 0.460 e. The van der Waals surface area contributed by atoms with Crippen LogP contribution in [-0.2, 0) is 0 Å². The highest BCUT2D eigenvalue weighted by atomic mass is 16.6. The van der Waals surface area contributed by atoms with Crippen LogP contribution in [0.3, 0.4) is 0 Å². The van der Waals surface area contributed by atoms with Crippen molar-refractivity contribution in [3.05, 3.63) is 30.5 Å². The van der Waals surface area contributed by atoms with Crippen LogP contribution in [0, 0.1) is 0 Å². The minimum absolute atomic E-state index is 0.247. The maximum absolute atomic E-state index is 11.9. The second-order valence-electron chi connectivity index (χ2n) is 4.96. The quantitative estimate of drug-likeness (QED) is 0.891. The van der Waals surface area contributed by atoms with Gasteiger partial charge in [0.1, 0.15) is 0 Å². The van der Waals surface area contributed by atoms with Crippen LogP contribution in [0.4, 0.5) is 4.79 Å². The summed E-state index contributed by atoms with van der Waals surface area (Å²) >= 11 is 0. The molecular formula is C15H17NO3. The van der Waals surface area contributed by atoms with E-state index in [1.54, 1.807) is 12.3 Å². The molecule has 19 heavy (non-hydrogen) atoms. The number of fused-ring (bicyclic) bond motifs is 1. The Kier molecular flexibility index (Phi) is 3.40. The summed E-state index contributed by atoms with van der Waals surface area (Å²) < 4.78 is 10.7. The van der Waals surface area contributed by atoms with Crippen LogP contribution >= 0.6 is 0 Å². The Labute approximate surface area is 111 Å². The Morgan fingerprint density at radius 3 is 2.89 bits per heavy atom. The first-order chi connectivity index (χ1) is 9.33. The highest BCUT2D eigenvalue weighted by molar-refractivity contribution is 5.85. The smallest absolute Gasteiger partial charge is 0.412 e. The molecule has 100 valence electrons. The van der Waals surface area contributed by atoms with Gasteiger partial charge in [0.05, 0.1) is 6.26 Å². The lowest BCUT2D eigenvalue weighted by molar-refractivity contribution is 0.192. The molecule has 1 heterocycles. The third-order valence-corrected chi connectivity index (χ3v) is 3.57. The average Bonchev–Trinajstić information content (AvgIpc) is 2.89. The molecular weight excluding hydrogens is 242 g/mol. The van der Waals surface area contributed by atoms with Gasteiger partial charge >= 0.3 is 6.09 Å². The van der Waals surface area contributed by atoms with Gasteiger partial charge in [-0.2, -0.15) is 0 Å². The summed E-state index contributed by atoms with van der Waals surface area (Å²) in [6, 6.07) is 7.61. The molecule has 0 aliphatic heterocycles. The van der Waals surface area contributed by atoms with Crippen LogP contribution in [0.25, 0.3) is 11.0 Å². The van der Waals surface area contributed by atoms with Gasteiger partial charge in [0.2, 0.25) is 0 Å². The van der Waals surface area contributed by atoms with Crippen molar-refractivity contribution in [3.8, 4) is 5.75 Å². The lowest BCUT2D eigenvalue weighted by atomic mass is 9.96. The summed E-state index contributed by atoms with van der Waals surface area (Å²) in [5.41, 5.74) is 0.612. The summed E-state index contributed by atoms with van der Waals surface area (Å²) in [7, 11) is 0. The normalized spacial score (nSPS) is 16.4. The molecule has 0 atom stereocenters. The zero-order valence-electron chi connectivity index (χ0n) is 10.7. The fourth-order valence-corrected chi connectivity index (χ4v) is 2.59. The molecule has 1 aromatic carbocycles. The van der Waals surface area contributed by atoms with Gasteiger partial charge in [0.25, 0.3) is 0 Å². The van der Waals surface area contributed by atoms with Gasteiger partial charge < -0.3 is 14.5 Å². The molecule has 0 saturated heterocycles. The van der Waals surface area contributed by atoms with E-state index in [0.717, 1.165) is 18.2 Å². The lowest BCUT2D eigenvalue weighted by Crippen LogP contribution is -2.38. The molecule has 1 amide bonds. The molecule has 4 heteroatoms. The fourth-order valence-electron chi connectivity index (χ4n) is 2.59. The maximum atomic E-state index is 11.9. The van der Waals surface area contributed by atoms with E-state index in [2.05, 4.69) is 5.32 Å². The van der Waals surface area contributed by atoms with Crippen molar-refractivity contribution in [2.24, 2.45) is 0 Å². The number of para-hydroxylation sites is 1. The van der Waals surface area contributed by atoms with Gasteiger partial charge in [0, 0.05) is 11.4 Å². The molecule has 1 aromatic heterocycles. The Balaban J connectivity index is 1.67. The third-order valence-electron chi connectivity index (χ3n) is 3.57. The van der Waals surface area contributed by atoms with E-state index in [-0.39, 0.29) is 6.04 Å². The van der Waals surface area contributed by atoms with Crippen LogP contribution < -0.4 is 10.1 Å². The Morgan fingerprint density at radius 2 is 2.05 bits per heavy atom. The summed E-state index contributed by atoms with van der Waals surface area (Å²) in [5, 5.41) is 3.85. The monoisotopic (exact) mass is 259 g/mol. The molecule has 0 unspecified atom stereocenters. The standard InChI is InChI=1S/C15H17NO3/c17-15(16-12-6-2-1-3-7-12)19-13-8-4-5-11-9-10-18-14(11)13/h4-5,8-10,12H,1-3,6-7H2,(H,16,17). The predicted molar refractivity (Wildman–Crippen MR) is 72.2 cm³/mol. The van der Waals surface area contributed by atoms with E-state index >= 15 is 0 Å². The van der Waals surface area contributed by atoms with Crippen LogP contribution in [0.2, 0.25) is 0 Å². The van der Waals surface area contributed by atoms with Crippen molar-refractivity contribution in [2.75, 3.05) is 0 Å². The van der Waals surface area contributed by atoms with Crippen LogP contribution in [0.15, 0.2) is 34.9 Å². The van der Waals surface area contributed by atoms with Gasteiger partial charge in [-0.3, -0.25) is 0 Å². The molecule has 1 saturated carbocycles. The highest BCUT2D eigenvalue weighted by Crippen LogP contribution is 2.26. The number of carbonyl (C=O) groups excluding carboxylic acids is 1. The molecule has 1 fully saturated rings. The second kappa shape index (κ2) is 5.34. The van der Waals surface area contributed by atoms with Crippen LogP contribution in [0.5, 0.6) is 5.75 Å². The van der Waals surface area contributed by atoms with Crippen molar-refractivity contribution >= 4 is 17.1 Å². The molecule has 0 spiro atoms. The maximum Gasteiger partial charge on any atom is 0.412 e. The van der Waals surface area contributed by atoms with Crippen molar-refractivity contribution in [2.45, 2.75) is 38.1 Å². The SMILES string of the molecule is O=C(NC1CCCCC1)Oc1cccc2ccoc12. The molecule has 3 rings (SSSR count). The van der Waals surface area contributed by atoms with E-state index in [4.69, 9.17) is 9.15 Å². The number of amides is 1. The van der Waals surface area contributed by atoms with Gasteiger partial charge in [0.15, 0.2) is 11.3 Å². The van der Waals surface area contributed by atoms with E-state index in [1.807, 2.05) is 18.2 Å². The molecule has 1 aliphatic rings. The number of benzene rings is 1. The van der Waals surface area contributed by atoms with Gasteiger partial charge in [-0.1, -0.05) is 31.4 Å². The number of hydrogen-bond acceptors (Lipinski definition) is 3. The average molecular weight is 259 g/mol. The molecule has 4 nitrogen and oxygen atoms in total. The van der Waals surface area contributed by atoms with Crippen LogP contribution in [-0.4, -0.2) is 12.1 Å². The van der Waals surface area contributed by atoms with E-state index in [0.29, 0.717) is 11.3 Å². The highest BCUT2D eigenvalue weighted by Gasteiger charge is 2.17. The van der Waals surface area contributed by atoms with Gasteiger partial charge in [-0.15, -0.1) is 0 Å². The Hall–Kier alpha value is -1.97. The van der Waals surface area contributed by atoms with Gasteiger partial charge in [-0.25, -0.2) is 4.79 Å². The summed E-state index contributed by atoms with van der Waals surface area (Å²) in [6.07, 6.45) is 6.91. The van der Waals surface area contributed by atoms with Gasteiger partial charge in [-0.05, 0) is 25.0 Å².